The minimum atomic E-state index is -0.756. The molecule has 4 aliphatic heterocycles. The van der Waals surface area contributed by atoms with Crippen LogP contribution in [0.3, 0.4) is 0 Å². The van der Waals surface area contributed by atoms with Crippen molar-refractivity contribution in [1.29, 1.82) is 0 Å². The van der Waals surface area contributed by atoms with E-state index in [1.165, 1.54) is 5.69 Å². The van der Waals surface area contributed by atoms with Gasteiger partial charge in [0.15, 0.2) is 0 Å². The van der Waals surface area contributed by atoms with Crippen LogP contribution in [0, 0.1) is 18.8 Å². The number of aryl methyl sites for hydroxylation is 1. The Morgan fingerprint density at radius 3 is 2.46 bits per heavy atom. The number of likely N-dealkylation sites (tertiary alicyclic amines) is 1. The summed E-state index contributed by atoms with van der Waals surface area (Å²) in [5, 5.41) is 3.58. The van der Waals surface area contributed by atoms with Crippen molar-refractivity contribution in [1.82, 2.24) is 19.8 Å². The van der Waals surface area contributed by atoms with E-state index in [9.17, 15) is 9.00 Å². The molecule has 0 radical (unpaired) electrons. The van der Waals surface area contributed by atoms with E-state index >= 15 is 0 Å². The number of carbonyl (C=O) groups is 1. The van der Waals surface area contributed by atoms with E-state index in [4.69, 9.17) is 4.74 Å². The summed E-state index contributed by atoms with van der Waals surface area (Å²) in [6, 6.07) is 4.93. The first-order chi connectivity index (χ1) is 19.9. The molecule has 0 aliphatic carbocycles. The first-order valence-electron chi connectivity index (χ1n) is 14.6. The first-order valence-corrected chi connectivity index (χ1v) is 16.1. The van der Waals surface area contributed by atoms with Crippen molar-refractivity contribution in [3.8, 4) is 17.6 Å². The molecule has 1 atom stereocenters. The highest BCUT2D eigenvalue weighted by Crippen LogP contribution is 2.44. The van der Waals surface area contributed by atoms with Crippen LogP contribution in [0.5, 0.6) is 5.75 Å². The highest BCUT2D eigenvalue weighted by molar-refractivity contribution is 7.85. The van der Waals surface area contributed by atoms with Gasteiger partial charge in [0.25, 0.3) is 5.91 Å². The number of nitrogens with one attached hydrogen (secondary N) is 1. The quantitative estimate of drug-likeness (QED) is 0.553. The Labute approximate surface area is 244 Å². The van der Waals surface area contributed by atoms with Crippen LogP contribution in [-0.2, 0) is 15.6 Å². The van der Waals surface area contributed by atoms with Gasteiger partial charge in [0.05, 0.1) is 11.3 Å². The molecule has 1 aromatic carbocycles. The Morgan fingerprint density at radius 1 is 1.02 bits per heavy atom. The fourth-order valence-corrected chi connectivity index (χ4v) is 7.53. The maximum atomic E-state index is 12.1. The molecule has 41 heavy (non-hydrogen) atoms. The second-order valence-electron chi connectivity index (χ2n) is 11.2. The zero-order chi connectivity index (χ0) is 28.5. The first kappa shape index (κ1) is 27.8. The number of piperazine rings is 1. The van der Waals surface area contributed by atoms with Crippen molar-refractivity contribution in [2.24, 2.45) is 0 Å². The minimum Gasteiger partial charge on any atom is -0.483 e. The average Bonchev–Trinajstić information content (AvgIpc) is 3.14. The molecule has 2 aromatic rings. The summed E-state index contributed by atoms with van der Waals surface area (Å²) in [5.41, 5.74) is 4.13. The summed E-state index contributed by atoms with van der Waals surface area (Å²) >= 11 is 0. The van der Waals surface area contributed by atoms with Crippen LogP contribution in [0.1, 0.15) is 43.9 Å². The molecule has 3 fully saturated rings. The summed E-state index contributed by atoms with van der Waals surface area (Å²) in [5.74, 6) is 9.14. The van der Waals surface area contributed by atoms with Crippen LogP contribution in [0.4, 0.5) is 23.0 Å². The van der Waals surface area contributed by atoms with Gasteiger partial charge in [-0.05, 0) is 57.2 Å². The Hall–Kier alpha value is -3.36. The lowest BCUT2D eigenvalue weighted by molar-refractivity contribution is -0.126. The molecule has 5 heterocycles. The predicted octanol–water partition coefficient (Wildman–Crippen LogP) is 2.69. The van der Waals surface area contributed by atoms with Gasteiger partial charge in [0.1, 0.15) is 29.8 Å². The molecule has 11 heteroatoms. The van der Waals surface area contributed by atoms with Crippen molar-refractivity contribution < 1.29 is 13.7 Å². The molecule has 218 valence electrons. The summed E-state index contributed by atoms with van der Waals surface area (Å²) in [6.45, 7) is 12.8. The molecule has 0 bridgehead atoms. The molecule has 1 amide bonds. The van der Waals surface area contributed by atoms with Crippen molar-refractivity contribution in [2.75, 3.05) is 79.0 Å². The Balaban J connectivity index is 1.15. The third-order valence-corrected chi connectivity index (χ3v) is 10.0. The van der Waals surface area contributed by atoms with Gasteiger partial charge in [0.2, 0.25) is 0 Å². The van der Waals surface area contributed by atoms with E-state index in [0.29, 0.717) is 17.5 Å². The van der Waals surface area contributed by atoms with E-state index in [-0.39, 0.29) is 12.0 Å². The molecule has 3 saturated heterocycles. The topological polar surface area (TPSA) is 94.1 Å². The zero-order valence-corrected chi connectivity index (χ0v) is 25.0. The van der Waals surface area contributed by atoms with Gasteiger partial charge in [0, 0.05) is 86.4 Å². The van der Waals surface area contributed by atoms with Crippen LogP contribution in [0.25, 0.3) is 0 Å². The molecule has 4 aliphatic rings. The van der Waals surface area contributed by atoms with Crippen LogP contribution in [0.15, 0.2) is 18.5 Å². The monoisotopic (exact) mass is 577 g/mol. The molecule has 6 rings (SSSR count). The molecular formula is C30H39N7O3S. The SMILES string of the molecule is CC#CC(=O)N1CCC(N2CCN(c3cc(C)c4c(c3)Nc3ncnc(N5CCS(=O)CC5)c3C(C)O4)CC2)CC1. The van der Waals surface area contributed by atoms with E-state index in [2.05, 4.69) is 67.8 Å². The van der Waals surface area contributed by atoms with Crippen molar-refractivity contribution in [3.63, 3.8) is 0 Å². The number of piperidine rings is 1. The Kier molecular flexibility index (Phi) is 8.04. The fourth-order valence-electron chi connectivity index (χ4n) is 6.48. The van der Waals surface area contributed by atoms with E-state index in [1.807, 2.05) is 4.90 Å². The highest BCUT2D eigenvalue weighted by Gasteiger charge is 2.32. The number of nitrogens with zero attached hydrogens (tertiary/aromatic N) is 6. The maximum absolute atomic E-state index is 12.1. The highest BCUT2D eigenvalue weighted by atomic mass is 32.2. The number of rotatable bonds is 3. The minimum absolute atomic E-state index is 0.0455. The van der Waals surface area contributed by atoms with Gasteiger partial charge in [-0.15, -0.1) is 0 Å². The van der Waals surface area contributed by atoms with E-state index in [1.54, 1.807) is 13.3 Å². The summed E-state index contributed by atoms with van der Waals surface area (Å²) in [7, 11) is -0.756. The number of ether oxygens (including phenoxy) is 1. The lowest BCUT2D eigenvalue weighted by atomic mass is 10.0. The molecule has 0 spiro atoms. The smallest absolute Gasteiger partial charge is 0.298 e. The molecule has 1 N–H and O–H groups in total. The number of amides is 1. The van der Waals surface area contributed by atoms with Crippen molar-refractivity contribution in [3.05, 3.63) is 29.6 Å². The van der Waals surface area contributed by atoms with E-state index < -0.39 is 10.8 Å². The van der Waals surface area contributed by atoms with Crippen molar-refractivity contribution >= 4 is 39.7 Å². The maximum Gasteiger partial charge on any atom is 0.298 e. The van der Waals surface area contributed by atoms with Crippen LogP contribution < -0.4 is 19.9 Å². The number of fused-ring (bicyclic) bond motifs is 2. The number of benzene rings is 1. The number of hydrogen-bond donors (Lipinski definition) is 1. The fraction of sp³-hybridized carbons (Fsp3) is 0.567. The van der Waals surface area contributed by atoms with Crippen molar-refractivity contribution in [2.45, 2.75) is 45.8 Å². The van der Waals surface area contributed by atoms with Gasteiger partial charge in [-0.25, -0.2) is 9.97 Å². The van der Waals surface area contributed by atoms with E-state index in [0.717, 1.165) is 99.4 Å². The summed E-state index contributed by atoms with van der Waals surface area (Å²) < 4.78 is 18.5. The average molecular weight is 578 g/mol. The second-order valence-corrected chi connectivity index (χ2v) is 12.9. The van der Waals surface area contributed by atoms with Crippen LogP contribution >= 0.6 is 0 Å². The molecular weight excluding hydrogens is 538 g/mol. The molecule has 1 unspecified atom stereocenters. The summed E-state index contributed by atoms with van der Waals surface area (Å²) in [6.07, 6.45) is 3.39. The second kappa shape index (κ2) is 11.9. The Morgan fingerprint density at radius 2 is 1.76 bits per heavy atom. The van der Waals surface area contributed by atoms with Gasteiger partial charge < -0.3 is 24.8 Å². The van der Waals surface area contributed by atoms with Crippen LogP contribution in [-0.4, -0.2) is 99.8 Å². The largest absolute Gasteiger partial charge is 0.483 e. The lowest BCUT2D eigenvalue weighted by Crippen LogP contribution is -2.53. The molecule has 0 saturated carbocycles. The number of hydrogen-bond acceptors (Lipinski definition) is 9. The predicted molar refractivity (Wildman–Crippen MR) is 162 cm³/mol. The number of anilines is 4. The van der Waals surface area contributed by atoms with Gasteiger partial charge in [-0.2, -0.15) is 0 Å². The lowest BCUT2D eigenvalue weighted by Gasteiger charge is -2.43. The number of aromatic nitrogens is 2. The normalized spacial score (nSPS) is 22.0. The molecule has 1 aromatic heterocycles. The zero-order valence-electron chi connectivity index (χ0n) is 24.2. The summed E-state index contributed by atoms with van der Waals surface area (Å²) in [4.78, 5) is 30.5. The Bertz CT molecular complexity index is 1380. The van der Waals surface area contributed by atoms with Crippen LogP contribution in [0.2, 0.25) is 0 Å². The van der Waals surface area contributed by atoms with Gasteiger partial charge in [-0.1, -0.05) is 5.92 Å². The third-order valence-electron chi connectivity index (χ3n) is 8.73. The number of carbonyl (C=O) groups excluding carboxylic acids is 1. The standard InChI is InChI=1S/C30H39N7O3S/c1-4-5-26(38)36-8-6-23(7-9-36)34-10-12-35(13-11-34)24-18-21(2)28-25(19-24)33-29-27(22(3)40-28)30(32-20-31-29)37-14-16-41(39)17-15-37/h18-20,22-23H,6-17H2,1-3H3,(H,31,32,33). The van der Waals surface area contributed by atoms with Gasteiger partial charge >= 0.3 is 0 Å². The molecule has 10 nitrogen and oxygen atoms in total. The third kappa shape index (κ3) is 5.72. The van der Waals surface area contributed by atoms with Gasteiger partial charge in [-0.3, -0.25) is 13.9 Å².